The topological polar surface area (TPSA) is 44.5 Å². The molecule has 1 aliphatic rings. The Morgan fingerprint density at radius 2 is 1.70 bits per heavy atom. The quantitative estimate of drug-likeness (QED) is 0.834. The highest BCUT2D eigenvalue weighted by molar-refractivity contribution is 5.44. The Bertz CT molecular complexity index is 411. The first-order valence-corrected chi connectivity index (χ1v) is 7.72. The third kappa shape index (κ3) is 3.45. The largest absolute Gasteiger partial charge is 0.493 e. The van der Waals surface area contributed by atoms with Gasteiger partial charge in [0.15, 0.2) is 11.5 Å². The average molecular weight is 277 g/mol. The molecule has 1 atom stereocenters. The van der Waals surface area contributed by atoms with Gasteiger partial charge in [0, 0.05) is 0 Å². The van der Waals surface area contributed by atoms with Crippen molar-refractivity contribution in [3.63, 3.8) is 0 Å². The van der Waals surface area contributed by atoms with Crippen LogP contribution in [0.2, 0.25) is 0 Å². The summed E-state index contributed by atoms with van der Waals surface area (Å²) in [5.41, 5.74) is 7.37. The van der Waals surface area contributed by atoms with E-state index in [2.05, 4.69) is 12.1 Å². The Hall–Kier alpha value is -1.22. The van der Waals surface area contributed by atoms with Gasteiger partial charge in [0.2, 0.25) is 0 Å². The molecule has 2 N–H and O–H groups in total. The molecule has 1 aromatic carbocycles. The second-order valence-electron chi connectivity index (χ2n) is 5.71. The van der Waals surface area contributed by atoms with Crippen molar-refractivity contribution in [2.45, 2.75) is 44.4 Å². The van der Waals surface area contributed by atoms with Crippen LogP contribution in [-0.2, 0) is 0 Å². The fourth-order valence-corrected chi connectivity index (χ4v) is 3.40. The molecule has 112 valence electrons. The van der Waals surface area contributed by atoms with Crippen molar-refractivity contribution < 1.29 is 9.47 Å². The molecular formula is C17H27NO2. The average Bonchev–Trinajstić information content (AvgIpc) is 2.77. The lowest BCUT2D eigenvalue weighted by molar-refractivity contribution is 0.350. The normalized spacial score (nSPS) is 18.4. The van der Waals surface area contributed by atoms with Gasteiger partial charge < -0.3 is 15.2 Å². The second-order valence-corrected chi connectivity index (χ2v) is 5.71. The highest BCUT2D eigenvalue weighted by atomic mass is 16.5. The van der Waals surface area contributed by atoms with E-state index in [1.807, 2.05) is 6.07 Å². The van der Waals surface area contributed by atoms with Crippen LogP contribution in [0, 0.1) is 5.92 Å². The van der Waals surface area contributed by atoms with Gasteiger partial charge in [-0.25, -0.2) is 0 Å². The minimum atomic E-state index is 0.438. The van der Waals surface area contributed by atoms with E-state index >= 15 is 0 Å². The SMILES string of the molecule is COc1ccc(C(CN)C2CCCCCC2)cc1OC. The minimum Gasteiger partial charge on any atom is -0.493 e. The molecule has 0 aliphatic heterocycles. The second kappa shape index (κ2) is 7.53. The molecule has 0 amide bonds. The highest BCUT2D eigenvalue weighted by Crippen LogP contribution is 2.37. The van der Waals surface area contributed by atoms with E-state index in [4.69, 9.17) is 15.2 Å². The van der Waals surface area contributed by atoms with E-state index in [-0.39, 0.29) is 0 Å². The minimum absolute atomic E-state index is 0.438. The fourth-order valence-electron chi connectivity index (χ4n) is 3.40. The molecule has 3 nitrogen and oxygen atoms in total. The molecule has 1 fully saturated rings. The molecule has 1 aromatic rings. The lowest BCUT2D eigenvalue weighted by Gasteiger charge is -2.26. The zero-order valence-electron chi connectivity index (χ0n) is 12.7. The van der Waals surface area contributed by atoms with Crippen molar-refractivity contribution in [3.05, 3.63) is 23.8 Å². The van der Waals surface area contributed by atoms with Crippen molar-refractivity contribution in [2.75, 3.05) is 20.8 Å². The number of methoxy groups -OCH3 is 2. The summed E-state index contributed by atoms with van der Waals surface area (Å²) in [7, 11) is 3.36. The smallest absolute Gasteiger partial charge is 0.160 e. The molecule has 0 saturated heterocycles. The summed E-state index contributed by atoms with van der Waals surface area (Å²) in [5.74, 6) is 2.73. The van der Waals surface area contributed by atoms with Crippen molar-refractivity contribution in [1.82, 2.24) is 0 Å². The summed E-state index contributed by atoms with van der Waals surface area (Å²) in [4.78, 5) is 0. The molecule has 1 aliphatic carbocycles. The molecule has 0 aromatic heterocycles. The van der Waals surface area contributed by atoms with E-state index in [9.17, 15) is 0 Å². The summed E-state index contributed by atoms with van der Waals surface area (Å²) < 4.78 is 10.7. The summed E-state index contributed by atoms with van der Waals surface area (Å²) in [6, 6.07) is 6.23. The Labute approximate surface area is 122 Å². The monoisotopic (exact) mass is 277 g/mol. The van der Waals surface area contributed by atoms with Crippen molar-refractivity contribution in [3.8, 4) is 11.5 Å². The molecule has 3 heteroatoms. The maximum absolute atomic E-state index is 6.08. The zero-order chi connectivity index (χ0) is 14.4. The lowest BCUT2D eigenvalue weighted by atomic mass is 9.81. The first-order chi connectivity index (χ1) is 9.80. The summed E-state index contributed by atoms with van der Waals surface area (Å²) in [6.07, 6.45) is 8.04. The molecule has 0 heterocycles. The molecule has 0 spiro atoms. The Balaban J connectivity index is 2.21. The van der Waals surface area contributed by atoms with Crippen molar-refractivity contribution >= 4 is 0 Å². The third-order valence-electron chi connectivity index (χ3n) is 4.56. The van der Waals surface area contributed by atoms with Crippen LogP contribution >= 0.6 is 0 Å². The van der Waals surface area contributed by atoms with Gasteiger partial charge in [-0.15, -0.1) is 0 Å². The lowest BCUT2D eigenvalue weighted by Crippen LogP contribution is -2.21. The van der Waals surface area contributed by atoms with Gasteiger partial charge in [0.05, 0.1) is 14.2 Å². The summed E-state index contributed by atoms with van der Waals surface area (Å²) >= 11 is 0. The highest BCUT2D eigenvalue weighted by Gasteiger charge is 2.24. The van der Waals surface area contributed by atoms with Gasteiger partial charge in [0.1, 0.15) is 0 Å². The maximum atomic E-state index is 6.08. The fraction of sp³-hybridized carbons (Fsp3) is 0.647. The van der Waals surface area contributed by atoms with Crippen LogP contribution in [0.5, 0.6) is 11.5 Å². The Morgan fingerprint density at radius 3 is 2.25 bits per heavy atom. The number of hydrogen-bond donors (Lipinski definition) is 1. The van der Waals surface area contributed by atoms with Crippen LogP contribution in [0.1, 0.15) is 50.0 Å². The third-order valence-corrected chi connectivity index (χ3v) is 4.56. The molecule has 20 heavy (non-hydrogen) atoms. The number of ether oxygens (including phenoxy) is 2. The maximum Gasteiger partial charge on any atom is 0.160 e. The summed E-state index contributed by atoms with van der Waals surface area (Å²) in [6.45, 7) is 0.708. The predicted molar refractivity (Wildman–Crippen MR) is 82.5 cm³/mol. The van der Waals surface area contributed by atoms with Crippen LogP contribution < -0.4 is 15.2 Å². The Kier molecular flexibility index (Phi) is 5.72. The number of benzene rings is 1. The van der Waals surface area contributed by atoms with Gasteiger partial charge in [0.25, 0.3) is 0 Å². The standard InChI is InChI=1S/C17H27NO2/c1-19-16-10-9-14(11-17(16)20-2)15(12-18)13-7-5-3-4-6-8-13/h9-11,13,15H,3-8,12,18H2,1-2H3. The van der Waals surface area contributed by atoms with Crippen molar-refractivity contribution in [2.24, 2.45) is 11.7 Å². The van der Waals surface area contributed by atoms with Gasteiger partial charge in [-0.2, -0.15) is 0 Å². The van der Waals surface area contributed by atoms with Crippen LogP contribution in [0.4, 0.5) is 0 Å². The Morgan fingerprint density at radius 1 is 1.05 bits per heavy atom. The zero-order valence-corrected chi connectivity index (χ0v) is 12.7. The van der Waals surface area contributed by atoms with Crippen LogP contribution in [0.15, 0.2) is 18.2 Å². The van der Waals surface area contributed by atoms with Gasteiger partial charge in [-0.1, -0.05) is 31.7 Å². The van der Waals surface area contributed by atoms with E-state index in [0.717, 1.165) is 11.5 Å². The van der Waals surface area contributed by atoms with Crippen LogP contribution in [0.25, 0.3) is 0 Å². The van der Waals surface area contributed by atoms with E-state index < -0.39 is 0 Å². The molecule has 1 saturated carbocycles. The van der Waals surface area contributed by atoms with Gasteiger partial charge >= 0.3 is 0 Å². The van der Waals surface area contributed by atoms with E-state index in [0.29, 0.717) is 18.4 Å². The summed E-state index contributed by atoms with van der Waals surface area (Å²) in [5, 5.41) is 0. The van der Waals surface area contributed by atoms with Crippen molar-refractivity contribution in [1.29, 1.82) is 0 Å². The predicted octanol–water partition coefficient (Wildman–Crippen LogP) is 3.72. The first-order valence-electron chi connectivity index (χ1n) is 7.72. The molecule has 2 rings (SSSR count). The first kappa shape index (κ1) is 15.2. The molecule has 1 unspecified atom stereocenters. The van der Waals surface area contributed by atoms with Gasteiger partial charge in [-0.3, -0.25) is 0 Å². The van der Waals surface area contributed by atoms with Crippen LogP contribution in [-0.4, -0.2) is 20.8 Å². The molecular weight excluding hydrogens is 250 g/mol. The van der Waals surface area contributed by atoms with Crippen LogP contribution in [0.3, 0.4) is 0 Å². The number of nitrogens with two attached hydrogens (primary N) is 1. The molecule has 0 bridgehead atoms. The number of hydrogen-bond acceptors (Lipinski definition) is 3. The van der Waals surface area contributed by atoms with E-state index in [1.54, 1.807) is 14.2 Å². The number of rotatable bonds is 5. The molecule has 0 radical (unpaired) electrons. The van der Waals surface area contributed by atoms with E-state index in [1.165, 1.54) is 44.1 Å². The van der Waals surface area contributed by atoms with Gasteiger partial charge in [-0.05, 0) is 48.9 Å².